The van der Waals surface area contributed by atoms with Gasteiger partial charge in [-0.2, -0.15) is 0 Å². The summed E-state index contributed by atoms with van der Waals surface area (Å²) in [5.41, 5.74) is 8.64. The Balaban J connectivity index is 0.00000127. The predicted molar refractivity (Wildman–Crippen MR) is 145 cm³/mol. The summed E-state index contributed by atoms with van der Waals surface area (Å²) in [6.45, 7) is -0.250. The number of nitrogens with zero attached hydrogens (tertiary/aromatic N) is 1. The van der Waals surface area contributed by atoms with Crippen LogP contribution in [0.1, 0.15) is 34.3 Å². The van der Waals surface area contributed by atoms with Gasteiger partial charge < -0.3 is 21.5 Å². The molecule has 2 unspecified atom stereocenters. The smallest absolute Gasteiger partial charge is 0.290 e. The van der Waals surface area contributed by atoms with Crippen molar-refractivity contribution in [1.29, 1.82) is 5.41 Å². The molecule has 0 aliphatic rings. The van der Waals surface area contributed by atoms with Crippen LogP contribution in [0.3, 0.4) is 0 Å². The normalized spacial score (nSPS) is 11.6. The highest BCUT2D eigenvalue weighted by atomic mass is 16.3. The maximum Gasteiger partial charge on any atom is 0.290 e. The maximum absolute atomic E-state index is 13.6. The number of nitrogen functional groups attached to an aromatic ring is 1. The number of amides is 2. The Morgan fingerprint density at radius 3 is 1.89 bits per heavy atom. The van der Waals surface area contributed by atoms with Crippen LogP contribution in [0.4, 0.5) is 5.69 Å². The van der Waals surface area contributed by atoms with E-state index in [2.05, 4.69) is 15.6 Å². The van der Waals surface area contributed by atoms with Gasteiger partial charge in [-0.3, -0.25) is 24.8 Å². The number of amidine groups is 1. The Morgan fingerprint density at radius 2 is 1.37 bits per heavy atom. The number of benzene rings is 3. The second-order valence-electron chi connectivity index (χ2n) is 8.04. The van der Waals surface area contributed by atoms with Crippen molar-refractivity contribution >= 4 is 29.8 Å². The van der Waals surface area contributed by atoms with E-state index in [0.717, 1.165) is 5.56 Å². The second kappa shape index (κ2) is 13.7. The lowest BCUT2D eigenvalue weighted by Crippen LogP contribution is -2.39. The van der Waals surface area contributed by atoms with Crippen LogP contribution in [0, 0.1) is 5.41 Å². The molecule has 3 aromatic carbocycles. The van der Waals surface area contributed by atoms with Crippen LogP contribution in [0.5, 0.6) is 0 Å². The van der Waals surface area contributed by atoms with Gasteiger partial charge in [0.25, 0.3) is 6.47 Å². The summed E-state index contributed by atoms with van der Waals surface area (Å²) in [5.74, 6) is -2.09. The lowest BCUT2D eigenvalue weighted by atomic mass is 9.95. The molecule has 38 heavy (non-hydrogen) atoms. The molecule has 4 rings (SSSR count). The summed E-state index contributed by atoms with van der Waals surface area (Å²) in [5, 5.41) is 20.3. The number of nitrogens with one attached hydrogen (secondary N) is 3. The molecule has 0 bridgehead atoms. The molecule has 0 radical (unpaired) electrons. The predicted octanol–water partition coefficient (Wildman–Crippen LogP) is 3.69. The Kier molecular flexibility index (Phi) is 9.83. The van der Waals surface area contributed by atoms with Crippen LogP contribution >= 0.6 is 0 Å². The Labute approximate surface area is 219 Å². The van der Waals surface area contributed by atoms with Crippen LogP contribution in [0.15, 0.2) is 109 Å². The summed E-state index contributed by atoms with van der Waals surface area (Å²) in [6, 6.07) is 30.0. The number of anilines is 1. The highest BCUT2D eigenvalue weighted by molar-refractivity contribution is 6.11. The van der Waals surface area contributed by atoms with E-state index in [0.29, 0.717) is 22.5 Å². The number of pyridine rings is 1. The van der Waals surface area contributed by atoms with Gasteiger partial charge in [-0.15, -0.1) is 0 Å². The van der Waals surface area contributed by atoms with Gasteiger partial charge in [-0.05, 0) is 47.5 Å². The van der Waals surface area contributed by atoms with E-state index >= 15 is 0 Å². The molecular weight excluding hydrogens is 482 g/mol. The fourth-order valence-corrected chi connectivity index (χ4v) is 3.76. The molecule has 1 heterocycles. The number of carbonyl (C=O) groups is 3. The van der Waals surface area contributed by atoms with Crippen molar-refractivity contribution in [3.05, 3.63) is 132 Å². The van der Waals surface area contributed by atoms with Gasteiger partial charge in [-0.1, -0.05) is 66.7 Å². The molecule has 0 aliphatic carbocycles. The first-order chi connectivity index (χ1) is 18.4. The van der Waals surface area contributed by atoms with Crippen LogP contribution in [-0.2, 0) is 14.4 Å². The Hall–Kier alpha value is -5.31. The molecule has 0 saturated heterocycles. The number of rotatable bonds is 8. The molecule has 192 valence electrons. The molecule has 9 nitrogen and oxygen atoms in total. The molecule has 0 fully saturated rings. The zero-order valence-electron chi connectivity index (χ0n) is 20.3. The van der Waals surface area contributed by atoms with E-state index in [1.807, 2.05) is 54.6 Å². The van der Waals surface area contributed by atoms with Crippen LogP contribution in [-0.4, -0.2) is 34.2 Å². The number of nitrogens with two attached hydrogens (primary N) is 1. The minimum absolute atomic E-state index is 0.0640. The highest BCUT2D eigenvalue weighted by Crippen LogP contribution is 2.24. The average molecular weight is 510 g/mol. The van der Waals surface area contributed by atoms with Crippen molar-refractivity contribution in [2.75, 3.05) is 5.32 Å². The lowest BCUT2D eigenvalue weighted by molar-refractivity contribution is -0.129. The molecule has 4 aromatic rings. The number of hydrogen-bond acceptors (Lipinski definition) is 5. The van der Waals surface area contributed by atoms with Crippen LogP contribution < -0.4 is 16.4 Å². The quantitative estimate of drug-likeness (QED) is 0.105. The highest BCUT2D eigenvalue weighted by Gasteiger charge is 2.31. The third-order valence-corrected chi connectivity index (χ3v) is 5.52. The molecule has 6 N–H and O–H groups in total. The number of aromatic nitrogens is 1. The van der Waals surface area contributed by atoms with Gasteiger partial charge >= 0.3 is 0 Å². The molecule has 2 atom stereocenters. The second-order valence-corrected chi connectivity index (χ2v) is 8.04. The summed E-state index contributed by atoms with van der Waals surface area (Å²) >= 11 is 0. The first kappa shape index (κ1) is 27.3. The Morgan fingerprint density at radius 1 is 0.816 bits per heavy atom. The average Bonchev–Trinajstić information content (AvgIpc) is 2.94. The van der Waals surface area contributed by atoms with Crippen molar-refractivity contribution in [3.8, 4) is 0 Å². The molecule has 2 amide bonds. The standard InChI is InChI=1S/C28H25N5O2.CH2O2/c29-26(30)21-14-16-22(17-15-21)32-27(34)24(19-9-3-1-4-10-19)28(35)33-25(20-11-5-2-6-12-20)23-13-7-8-18-31-23;2-1-3/h1-18,24-25H,(H3,29,30)(H,32,34)(H,33,35);1H,(H,2,3). The lowest BCUT2D eigenvalue weighted by Gasteiger charge is -2.23. The minimum atomic E-state index is -1.10. The van der Waals surface area contributed by atoms with Crippen molar-refractivity contribution in [1.82, 2.24) is 10.3 Å². The van der Waals surface area contributed by atoms with Crippen LogP contribution in [0.2, 0.25) is 0 Å². The topological polar surface area (TPSA) is 158 Å². The zero-order valence-corrected chi connectivity index (χ0v) is 20.3. The summed E-state index contributed by atoms with van der Waals surface area (Å²) < 4.78 is 0. The van der Waals surface area contributed by atoms with Crippen molar-refractivity contribution in [2.45, 2.75) is 12.0 Å². The molecule has 0 aliphatic heterocycles. The van der Waals surface area contributed by atoms with Gasteiger partial charge in [-0.25, -0.2) is 0 Å². The summed E-state index contributed by atoms with van der Waals surface area (Å²) in [7, 11) is 0. The Bertz CT molecular complexity index is 1310. The van der Waals surface area contributed by atoms with Gasteiger partial charge in [0.15, 0.2) is 0 Å². The SMILES string of the molecule is N=C(N)c1ccc(NC(=O)C(C(=O)NC(c2ccccc2)c2ccccn2)c2ccccc2)cc1.O=CO. The van der Waals surface area contributed by atoms with Gasteiger partial charge in [0, 0.05) is 17.4 Å². The minimum Gasteiger partial charge on any atom is -0.483 e. The van der Waals surface area contributed by atoms with Gasteiger partial charge in [0.1, 0.15) is 11.8 Å². The molecule has 0 saturated carbocycles. The fourth-order valence-electron chi connectivity index (χ4n) is 3.76. The third kappa shape index (κ3) is 7.34. The first-order valence-electron chi connectivity index (χ1n) is 11.6. The largest absolute Gasteiger partial charge is 0.483 e. The molecule has 1 aromatic heterocycles. The summed E-state index contributed by atoms with van der Waals surface area (Å²) in [4.78, 5) is 39.8. The van der Waals surface area contributed by atoms with Gasteiger partial charge in [0.2, 0.25) is 11.8 Å². The van der Waals surface area contributed by atoms with Crippen molar-refractivity contribution < 1.29 is 19.5 Å². The third-order valence-electron chi connectivity index (χ3n) is 5.52. The number of hydrogen-bond donors (Lipinski definition) is 5. The number of carboxylic acid groups (broad SMARTS) is 1. The van der Waals surface area contributed by atoms with Gasteiger partial charge in [0.05, 0.1) is 11.7 Å². The maximum atomic E-state index is 13.6. The monoisotopic (exact) mass is 509 g/mol. The van der Waals surface area contributed by atoms with E-state index in [4.69, 9.17) is 21.0 Å². The van der Waals surface area contributed by atoms with E-state index in [1.54, 1.807) is 54.7 Å². The number of carbonyl (C=O) groups excluding carboxylic acids is 2. The van der Waals surface area contributed by atoms with Crippen LogP contribution in [0.25, 0.3) is 0 Å². The van der Waals surface area contributed by atoms with Crippen molar-refractivity contribution in [3.63, 3.8) is 0 Å². The first-order valence-corrected chi connectivity index (χ1v) is 11.6. The van der Waals surface area contributed by atoms with Crippen molar-refractivity contribution in [2.24, 2.45) is 5.73 Å². The molecule has 9 heteroatoms. The van der Waals surface area contributed by atoms with E-state index in [1.165, 1.54) is 0 Å². The fraction of sp³-hybridized carbons (Fsp3) is 0.0690. The van der Waals surface area contributed by atoms with E-state index < -0.39 is 23.8 Å². The van der Waals surface area contributed by atoms with E-state index in [-0.39, 0.29) is 12.3 Å². The van der Waals surface area contributed by atoms with E-state index in [9.17, 15) is 9.59 Å². The zero-order chi connectivity index (χ0) is 27.3. The molecular formula is C29H27N5O4. The summed E-state index contributed by atoms with van der Waals surface area (Å²) in [6.07, 6.45) is 1.67. The molecule has 0 spiro atoms.